The van der Waals surface area contributed by atoms with E-state index in [2.05, 4.69) is 27.3 Å². The molecule has 0 aliphatic carbocycles. The molecule has 3 rings (SSSR count). The van der Waals surface area contributed by atoms with Gasteiger partial charge in [0.15, 0.2) is 0 Å². The number of hydrogen-bond acceptors (Lipinski definition) is 4. The van der Waals surface area contributed by atoms with Crippen LogP contribution in [-0.4, -0.2) is 25.5 Å². The van der Waals surface area contributed by atoms with Crippen LogP contribution in [0.4, 0.5) is 5.69 Å². The van der Waals surface area contributed by atoms with Crippen LogP contribution in [0.3, 0.4) is 0 Å². The van der Waals surface area contributed by atoms with E-state index >= 15 is 0 Å². The molecule has 0 aliphatic heterocycles. The maximum absolute atomic E-state index is 12.5. The number of hydrogen-bond donors (Lipinski definition) is 2. The Balaban J connectivity index is 1.76. The average molecular weight is 339 g/mol. The van der Waals surface area contributed by atoms with Crippen LogP contribution in [0.5, 0.6) is 0 Å². The zero-order valence-electron chi connectivity index (χ0n) is 14.6. The first kappa shape index (κ1) is 16.9. The third kappa shape index (κ3) is 3.31. The van der Waals surface area contributed by atoms with Crippen molar-refractivity contribution in [2.45, 2.75) is 40.0 Å². The van der Waals surface area contributed by atoms with Gasteiger partial charge in [-0.05, 0) is 37.8 Å². The second-order valence-electron chi connectivity index (χ2n) is 6.01. The van der Waals surface area contributed by atoms with E-state index in [0.717, 1.165) is 23.2 Å². The predicted molar refractivity (Wildman–Crippen MR) is 95.9 cm³/mol. The van der Waals surface area contributed by atoms with Gasteiger partial charge in [0.2, 0.25) is 5.91 Å². The SMILES string of the molecule is CCc1cccc(C)c1NC(=O)CCc1c(C)nc2nc[nH]n2c1=O. The van der Waals surface area contributed by atoms with Gasteiger partial charge in [0.05, 0.1) is 5.69 Å². The molecule has 0 spiro atoms. The monoisotopic (exact) mass is 339 g/mol. The van der Waals surface area contributed by atoms with E-state index < -0.39 is 0 Å². The zero-order chi connectivity index (χ0) is 18.0. The van der Waals surface area contributed by atoms with Gasteiger partial charge in [-0.3, -0.25) is 14.7 Å². The molecule has 0 saturated carbocycles. The van der Waals surface area contributed by atoms with Crippen molar-refractivity contribution in [1.82, 2.24) is 19.6 Å². The van der Waals surface area contributed by atoms with Gasteiger partial charge in [0.25, 0.3) is 11.3 Å². The lowest BCUT2D eigenvalue weighted by atomic mass is 10.1. The van der Waals surface area contributed by atoms with E-state index in [1.165, 1.54) is 10.8 Å². The van der Waals surface area contributed by atoms with Crippen molar-refractivity contribution in [3.05, 3.63) is 57.3 Å². The summed E-state index contributed by atoms with van der Waals surface area (Å²) in [4.78, 5) is 33.1. The highest BCUT2D eigenvalue weighted by molar-refractivity contribution is 5.92. The van der Waals surface area contributed by atoms with Crippen LogP contribution >= 0.6 is 0 Å². The Kier molecular flexibility index (Phi) is 4.65. The van der Waals surface area contributed by atoms with E-state index in [1.54, 1.807) is 6.92 Å². The van der Waals surface area contributed by atoms with Crippen LogP contribution in [0.15, 0.2) is 29.3 Å². The van der Waals surface area contributed by atoms with Gasteiger partial charge in [-0.1, -0.05) is 25.1 Å². The van der Waals surface area contributed by atoms with Crippen LogP contribution in [0.25, 0.3) is 5.78 Å². The minimum Gasteiger partial charge on any atom is -0.326 e. The van der Waals surface area contributed by atoms with Crippen molar-refractivity contribution in [2.24, 2.45) is 0 Å². The van der Waals surface area contributed by atoms with Gasteiger partial charge < -0.3 is 5.32 Å². The summed E-state index contributed by atoms with van der Waals surface area (Å²) in [6.07, 6.45) is 2.82. The minimum absolute atomic E-state index is 0.113. The van der Waals surface area contributed by atoms with Crippen LogP contribution in [0, 0.1) is 13.8 Å². The number of para-hydroxylation sites is 1. The van der Waals surface area contributed by atoms with Crippen LogP contribution < -0.4 is 10.9 Å². The van der Waals surface area contributed by atoms with Crippen LogP contribution in [0.1, 0.15) is 35.7 Å². The first-order chi connectivity index (χ1) is 12.0. The second kappa shape index (κ2) is 6.88. The molecule has 7 heteroatoms. The first-order valence-corrected chi connectivity index (χ1v) is 8.31. The molecule has 2 aromatic heterocycles. The van der Waals surface area contributed by atoms with Crippen molar-refractivity contribution in [3.63, 3.8) is 0 Å². The van der Waals surface area contributed by atoms with Gasteiger partial charge in [-0.15, -0.1) is 0 Å². The number of benzene rings is 1. The lowest BCUT2D eigenvalue weighted by molar-refractivity contribution is -0.116. The molecule has 7 nitrogen and oxygen atoms in total. The van der Waals surface area contributed by atoms with Crippen LogP contribution in [-0.2, 0) is 17.6 Å². The predicted octanol–water partition coefficient (Wildman–Crippen LogP) is 2.17. The smallest absolute Gasteiger partial charge is 0.277 e. The Bertz CT molecular complexity index is 987. The van der Waals surface area contributed by atoms with Crippen molar-refractivity contribution in [3.8, 4) is 0 Å². The summed E-state index contributed by atoms with van der Waals surface area (Å²) in [5, 5.41) is 5.72. The van der Waals surface area contributed by atoms with Gasteiger partial charge in [-0.25, -0.2) is 9.97 Å². The quantitative estimate of drug-likeness (QED) is 0.745. The topological polar surface area (TPSA) is 92.2 Å². The van der Waals surface area contributed by atoms with Crippen LogP contribution in [0.2, 0.25) is 0 Å². The molecule has 0 saturated heterocycles. The van der Waals surface area contributed by atoms with Gasteiger partial charge in [0.1, 0.15) is 6.33 Å². The summed E-state index contributed by atoms with van der Waals surface area (Å²) in [5.74, 6) is 0.223. The number of rotatable bonds is 5. The van der Waals surface area contributed by atoms with Crippen molar-refractivity contribution in [2.75, 3.05) is 5.32 Å². The number of aromatic nitrogens is 4. The molecule has 0 atom stereocenters. The minimum atomic E-state index is -0.210. The fourth-order valence-corrected chi connectivity index (χ4v) is 2.93. The summed E-state index contributed by atoms with van der Waals surface area (Å²) in [7, 11) is 0. The number of fused-ring (bicyclic) bond motifs is 1. The van der Waals surface area contributed by atoms with Crippen molar-refractivity contribution in [1.29, 1.82) is 0 Å². The van der Waals surface area contributed by atoms with E-state index in [0.29, 0.717) is 23.5 Å². The summed E-state index contributed by atoms with van der Waals surface area (Å²) in [6.45, 7) is 5.79. The fraction of sp³-hybridized carbons (Fsp3) is 0.333. The number of carbonyl (C=O) groups is 1. The molecular weight excluding hydrogens is 318 g/mol. The van der Waals surface area contributed by atoms with Gasteiger partial charge >= 0.3 is 0 Å². The Morgan fingerprint density at radius 3 is 2.88 bits per heavy atom. The number of aryl methyl sites for hydroxylation is 3. The molecule has 2 heterocycles. The maximum Gasteiger partial charge on any atom is 0.277 e. The molecular formula is C18H21N5O2. The number of anilines is 1. The molecule has 3 aromatic rings. The third-order valence-electron chi connectivity index (χ3n) is 4.34. The maximum atomic E-state index is 12.5. The fourth-order valence-electron chi connectivity index (χ4n) is 2.93. The van der Waals surface area contributed by atoms with E-state index in [1.807, 2.05) is 25.1 Å². The molecule has 0 aliphatic rings. The lowest BCUT2D eigenvalue weighted by Gasteiger charge is -2.13. The van der Waals surface area contributed by atoms with Gasteiger partial charge in [0, 0.05) is 17.7 Å². The summed E-state index contributed by atoms with van der Waals surface area (Å²) in [6, 6.07) is 5.97. The van der Waals surface area contributed by atoms with E-state index in [-0.39, 0.29) is 17.9 Å². The molecule has 1 amide bonds. The summed E-state index contributed by atoms with van der Waals surface area (Å²) >= 11 is 0. The molecule has 130 valence electrons. The molecule has 0 fully saturated rings. The van der Waals surface area contributed by atoms with E-state index in [9.17, 15) is 9.59 Å². The Labute approximate surface area is 145 Å². The lowest BCUT2D eigenvalue weighted by Crippen LogP contribution is -2.23. The van der Waals surface area contributed by atoms with E-state index in [4.69, 9.17) is 0 Å². The zero-order valence-corrected chi connectivity index (χ0v) is 14.6. The van der Waals surface area contributed by atoms with Crippen molar-refractivity contribution >= 4 is 17.4 Å². The first-order valence-electron chi connectivity index (χ1n) is 8.31. The molecule has 1 aromatic carbocycles. The summed E-state index contributed by atoms with van der Waals surface area (Å²) in [5.41, 5.74) is 3.92. The number of carbonyl (C=O) groups excluding carboxylic acids is 1. The number of amides is 1. The standard InChI is InChI=1S/C18H21N5O2/c1-4-13-7-5-6-11(2)16(13)22-15(24)9-8-14-12(3)21-18-19-10-20-23(18)17(14)25/h5-7,10H,4,8-9H2,1-3H3,(H,22,24)(H,19,20,21). The number of nitrogens with one attached hydrogen (secondary N) is 2. The second-order valence-corrected chi connectivity index (χ2v) is 6.01. The number of nitrogens with zero attached hydrogens (tertiary/aromatic N) is 3. The molecule has 0 unspecified atom stereocenters. The highest BCUT2D eigenvalue weighted by atomic mass is 16.1. The average Bonchev–Trinajstić information content (AvgIpc) is 3.05. The van der Waals surface area contributed by atoms with Crippen molar-refractivity contribution < 1.29 is 4.79 Å². The third-order valence-corrected chi connectivity index (χ3v) is 4.34. The highest BCUT2D eigenvalue weighted by Crippen LogP contribution is 2.21. The number of aromatic amines is 1. The molecule has 0 radical (unpaired) electrons. The highest BCUT2D eigenvalue weighted by Gasteiger charge is 2.14. The summed E-state index contributed by atoms with van der Waals surface area (Å²) < 4.78 is 1.29. The molecule has 2 N–H and O–H groups in total. The molecule has 0 bridgehead atoms. The number of H-pyrrole nitrogens is 1. The van der Waals surface area contributed by atoms with Gasteiger partial charge in [-0.2, -0.15) is 4.52 Å². The Hall–Kier alpha value is -2.96. The largest absolute Gasteiger partial charge is 0.326 e. The Morgan fingerprint density at radius 1 is 1.32 bits per heavy atom. The normalized spacial score (nSPS) is 11.0. The molecule has 25 heavy (non-hydrogen) atoms. The Morgan fingerprint density at radius 2 is 2.12 bits per heavy atom.